The number of imidazole rings is 1. The van der Waals surface area contributed by atoms with Crippen LogP contribution in [0.3, 0.4) is 0 Å². The van der Waals surface area contributed by atoms with E-state index < -0.39 is 0 Å². The smallest absolute Gasteiger partial charge is 0.174 e. The second-order valence-corrected chi connectivity index (χ2v) is 4.07. The lowest BCUT2D eigenvalue weighted by molar-refractivity contribution is 0.368. The monoisotopic (exact) mass is 256 g/mol. The highest BCUT2D eigenvalue weighted by Crippen LogP contribution is 2.11. The van der Waals surface area contributed by atoms with Crippen LogP contribution in [0.2, 0.25) is 0 Å². The van der Waals surface area contributed by atoms with Gasteiger partial charge < -0.3 is 14.6 Å². The van der Waals surface area contributed by atoms with Gasteiger partial charge in [0.2, 0.25) is 0 Å². The third-order valence-corrected chi connectivity index (χ3v) is 2.66. The van der Waals surface area contributed by atoms with Crippen LogP contribution in [0.5, 0.6) is 5.75 Å². The molecule has 0 saturated carbocycles. The minimum absolute atomic E-state index is 0.0858. The van der Waals surface area contributed by atoms with Crippen LogP contribution >= 0.6 is 0 Å². The summed E-state index contributed by atoms with van der Waals surface area (Å²) in [6, 6.07) is 9.70. The van der Waals surface area contributed by atoms with Gasteiger partial charge in [-0.3, -0.25) is 0 Å². The van der Waals surface area contributed by atoms with Gasteiger partial charge in [0.15, 0.2) is 6.61 Å². The van der Waals surface area contributed by atoms with E-state index in [4.69, 9.17) is 10.00 Å². The molecule has 0 fully saturated rings. The molecule has 1 heterocycles. The molecule has 5 heteroatoms. The van der Waals surface area contributed by atoms with Gasteiger partial charge in [-0.25, -0.2) is 4.98 Å². The lowest BCUT2D eigenvalue weighted by atomic mass is 10.2. The Morgan fingerprint density at radius 1 is 1.32 bits per heavy atom. The fourth-order valence-electron chi connectivity index (χ4n) is 1.68. The van der Waals surface area contributed by atoms with Crippen LogP contribution in [-0.2, 0) is 13.1 Å². The molecule has 1 aromatic heterocycles. The number of nitrogens with zero attached hydrogens (tertiary/aromatic N) is 3. The first-order valence-corrected chi connectivity index (χ1v) is 6.13. The molecule has 0 saturated heterocycles. The number of aromatic nitrogens is 2. The zero-order chi connectivity index (χ0) is 13.3. The maximum atomic E-state index is 8.41. The van der Waals surface area contributed by atoms with Crippen molar-refractivity contribution in [2.24, 2.45) is 0 Å². The van der Waals surface area contributed by atoms with Crippen molar-refractivity contribution >= 4 is 0 Å². The highest BCUT2D eigenvalue weighted by Gasteiger charge is 1.96. The molecule has 0 spiro atoms. The Morgan fingerprint density at radius 3 is 2.84 bits per heavy atom. The molecule has 0 aliphatic heterocycles. The molecule has 0 aliphatic rings. The summed E-state index contributed by atoms with van der Waals surface area (Å²) >= 11 is 0. The number of hydrogen-bond acceptors (Lipinski definition) is 4. The highest BCUT2D eigenvalue weighted by molar-refractivity contribution is 5.27. The van der Waals surface area contributed by atoms with E-state index in [0.29, 0.717) is 0 Å². The first-order valence-electron chi connectivity index (χ1n) is 6.13. The normalized spacial score (nSPS) is 10.1. The number of nitrogens with one attached hydrogen (secondary N) is 1. The second-order valence-electron chi connectivity index (χ2n) is 4.07. The van der Waals surface area contributed by atoms with Gasteiger partial charge in [0.1, 0.15) is 11.8 Å². The third-order valence-electron chi connectivity index (χ3n) is 2.66. The van der Waals surface area contributed by atoms with Crippen molar-refractivity contribution in [1.82, 2.24) is 14.9 Å². The Labute approximate surface area is 112 Å². The maximum absolute atomic E-state index is 8.41. The average molecular weight is 256 g/mol. The molecule has 0 aliphatic carbocycles. The lowest BCUT2D eigenvalue weighted by Crippen LogP contribution is -2.18. The number of nitriles is 1. The molecule has 19 heavy (non-hydrogen) atoms. The summed E-state index contributed by atoms with van der Waals surface area (Å²) < 4.78 is 7.23. The summed E-state index contributed by atoms with van der Waals surface area (Å²) in [4.78, 5) is 3.99. The van der Waals surface area contributed by atoms with E-state index in [0.717, 1.165) is 25.4 Å². The fourth-order valence-corrected chi connectivity index (χ4v) is 1.68. The first-order chi connectivity index (χ1) is 9.38. The summed E-state index contributed by atoms with van der Waals surface area (Å²) in [6.07, 6.45) is 5.53. The minimum atomic E-state index is 0.0858. The predicted molar refractivity (Wildman–Crippen MR) is 71.5 cm³/mol. The average Bonchev–Trinajstić information content (AvgIpc) is 2.96. The van der Waals surface area contributed by atoms with Crippen LogP contribution in [0.25, 0.3) is 0 Å². The number of ether oxygens (including phenoxy) is 1. The van der Waals surface area contributed by atoms with Crippen molar-refractivity contribution in [3.05, 3.63) is 48.5 Å². The maximum Gasteiger partial charge on any atom is 0.174 e. The van der Waals surface area contributed by atoms with Crippen molar-refractivity contribution in [3.8, 4) is 11.8 Å². The Bertz CT molecular complexity index is 513. The highest BCUT2D eigenvalue weighted by atomic mass is 16.5. The van der Waals surface area contributed by atoms with Gasteiger partial charge in [-0.1, -0.05) is 12.1 Å². The van der Waals surface area contributed by atoms with Crippen molar-refractivity contribution in [2.75, 3.05) is 13.2 Å². The molecule has 0 atom stereocenters. The minimum Gasteiger partial charge on any atom is -0.479 e. The first kappa shape index (κ1) is 13.1. The Morgan fingerprint density at radius 2 is 2.16 bits per heavy atom. The number of rotatable bonds is 7. The molecule has 2 aromatic rings. The van der Waals surface area contributed by atoms with E-state index in [-0.39, 0.29) is 6.61 Å². The van der Waals surface area contributed by atoms with Gasteiger partial charge >= 0.3 is 0 Å². The topological polar surface area (TPSA) is 62.9 Å². The Kier molecular flexibility index (Phi) is 4.96. The van der Waals surface area contributed by atoms with E-state index in [1.165, 1.54) is 5.56 Å². The Balaban J connectivity index is 1.69. The molecule has 1 N–H and O–H groups in total. The zero-order valence-electron chi connectivity index (χ0n) is 10.6. The van der Waals surface area contributed by atoms with E-state index in [1.807, 2.05) is 47.4 Å². The van der Waals surface area contributed by atoms with Gasteiger partial charge in [-0.05, 0) is 17.7 Å². The van der Waals surface area contributed by atoms with E-state index >= 15 is 0 Å². The molecule has 0 radical (unpaired) electrons. The molecule has 2 rings (SSSR count). The van der Waals surface area contributed by atoms with Crippen LogP contribution in [0, 0.1) is 11.3 Å². The summed E-state index contributed by atoms with van der Waals surface area (Å²) in [7, 11) is 0. The van der Waals surface area contributed by atoms with Crippen LogP contribution in [-0.4, -0.2) is 22.7 Å². The largest absolute Gasteiger partial charge is 0.479 e. The molecular formula is C14H16N4O. The van der Waals surface area contributed by atoms with Crippen LogP contribution in [0.4, 0.5) is 0 Å². The van der Waals surface area contributed by atoms with E-state index in [9.17, 15) is 0 Å². The van der Waals surface area contributed by atoms with Crippen molar-refractivity contribution < 1.29 is 4.74 Å². The van der Waals surface area contributed by atoms with Crippen LogP contribution < -0.4 is 10.1 Å². The van der Waals surface area contributed by atoms with Gasteiger partial charge in [0, 0.05) is 32.0 Å². The third kappa shape index (κ3) is 4.45. The quantitative estimate of drug-likeness (QED) is 0.764. The van der Waals surface area contributed by atoms with Gasteiger partial charge in [-0.2, -0.15) is 5.26 Å². The summed E-state index contributed by atoms with van der Waals surface area (Å²) in [5.74, 6) is 0.726. The SMILES string of the molecule is N#CCOc1ccc(CNCCn2ccnc2)cc1. The summed E-state index contributed by atoms with van der Waals surface area (Å²) in [6.45, 7) is 2.70. The standard InChI is InChI=1S/C14H16N4O/c15-5-10-19-14-3-1-13(2-4-14)11-16-6-8-18-9-7-17-12-18/h1-4,7,9,12,16H,6,8,10-11H2. The lowest BCUT2D eigenvalue weighted by Gasteiger charge is -2.07. The van der Waals surface area contributed by atoms with Gasteiger partial charge in [0.05, 0.1) is 6.33 Å². The molecule has 0 bridgehead atoms. The summed E-state index contributed by atoms with van der Waals surface area (Å²) in [5.41, 5.74) is 1.19. The van der Waals surface area contributed by atoms with Crippen LogP contribution in [0.1, 0.15) is 5.56 Å². The van der Waals surface area contributed by atoms with Crippen molar-refractivity contribution in [3.63, 3.8) is 0 Å². The van der Waals surface area contributed by atoms with Crippen LogP contribution in [0.15, 0.2) is 43.0 Å². The van der Waals surface area contributed by atoms with Gasteiger partial charge in [0.25, 0.3) is 0 Å². The van der Waals surface area contributed by atoms with E-state index in [2.05, 4.69) is 10.3 Å². The van der Waals surface area contributed by atoms with Gasteiger partial charge in [-0.15, -0.1) is 0 Å². The molecule has 0 amide bonds. The molecule has 5 nitrogen and oxygen atoms in total. The zero-order valence-corrected chi connectivity index (χ0v) is 10.6. The second kappa shape index (κ2) is 7.19. The Hall–Kier alpha value is -2.32. The molecule has 1 aromatic carbocycles. The fraction of sp³-hybridized carbons (Fsp3) is 0.286. The van der Waals surface area contributed by atoms with Crippen molar-refractivity contribution in [2.45, 2.75) is 13.1 Å². The molecule has 0 unspecified atom stereocenters. The predicted octanol–water partition coefficient (Wildman–Crippen LogP) is 1.58. The van der Waals surface area contributed by atoms with Crippen molar-refractivity contribution in [1.29, 1.82) is 5.26 Å². The number of hydrogen-bond donors (Lipinski definition) is 1. The summed E-state index contributed by atoms with van der Waals surface area (Å²) in [5, 5.41) is 11.8. The number of benzene rings is 1. The molecular weight excluding hydrogens is 240 g/mol. The van der Waals surface area contributed by atoms with E-state index in [1.54, 1.807) is 6.20 Å². The molecule has 98 valence electrons.